The van der Waals surface area contributed by atoms with Crippen molar-refractivity contribution < 1.29 is 4.39 Å². The third kappa shape index (κ3) is 3.81. The van der Waals surface area contributed by atoms with Gasteiger partial charge < -0.3 is 5.32 Å². The average Bonchev–Trinajstić information content (AvgIpc) is 2.46. The third-order valence-corrected chi connectivity index (χ3v) is 4.03. The number of nitrogens with one attached hydrogen (secondary N) is 1. The van der Waals surface area contributed by atoms with Crippen LogP contribution in [-0.4, -0.2) is 11.5 Å². The van der Waals surface area contributed by atoms with E-state index in [1.165, 1.54) is 17.8 Å². The van der Waals surface area contributed by atoms with Gasteiger partial charge in [-0.1, -0.05) is 30.8 Å². The molecule has 4 heteroatoms. The van der Waals surface area contributed by atoms with Crippen LogP contribution >= 0.6 is 11.8 Å². The van der Waals surface area contributed by atoms with E-state index in [9.17, 15) is 4.39 Å². The van der Waals surface area contributed by atoms with Crippen LogP contribution in [0.1, 0.15) is 31.9 Å². The van der Waals surface area contributed by atoms with Gasteiger partial charge in [-0.3, -0.25) is 0 Å². The maximum absolute atomic E-state index is 14.2. The van der Waals surface area contributed by atoms with Gasteiger partial charge in [-0.15, -0.1) is 0 Å². The van der Waals surface area contributed by atoms with Gasteiger partial charge in [0.1, 0.15) is 10.8 Å². The zero-order valence-corrected chi connectivity index (χ0v) is 12.6. The second-order valence-electron chi connectivity index (χ2n) is 4.60. The van der Waals surface area contributed by atoms with Crippen LogP contribution in [0.25, 0.3) is 0 Å². The van der Waals surface area contributed by atoms with Gasteiger partial charge in [0.05, 0.1) is 0 Å². The summed E-state index contributed by atoms with van der Waals surface area (Å²) in [6, 6.07) is 10.9. The van der Waals surface area contributed by atoms with Crippen molar-refractivity contribution in [1.82, 2.24) is 10.3 Å². The molecule has 2 aromatic rings. The number of aromatic nitrogens is 1. The van der Waals surface area contributed by atoms with Crippen LogP contribution < -0.4 is 5.32 Å². The van der Waals surface area contributed by atoms with Gasteiger partial charge in [0.15, 0.2) is 0 Å². The molecule has 0 fully saturated rings. The fraction of sp³-hybridized carbons (Fsp3) is 0.312. The molecule has 0 saturated heterocycles. The Labute approximate surface area is 123 Å². The second kappa shape index (κ2) is 7.41. The molecule has 0 aliphatic heterocycles. The van der Waals surface area contributed by atoms with E-state index in [2.05, 4.69) is 17.2 Å². The molecule has 1 aromatic carbocycles. The first kappa shape index (κ1) is 15.0. The Morgan fingerprint density at radius 3 is 2.80 bits per heavy atom. The standard InChI is InChI=1S/C16H19FN2S/c1-3-10-18-12(2)16-13(17)7-6-8-14(16)20-15-9-4-5-11-19-15/h4-9,11-12,18H,3,10H2,1-2H3. The molecule has 20 heavy (non-hydrogen) atoms. The van der Waals surface area contributed by atoms with Crippen molar-refractivity contribution in [2.24, 2.45) is 0 Å². The minimum absolute atomic E-state index is 0.0117. The SMILES string of the molecule is CCCNC(C)c1c(F)cccc1Sc1ccccn1. The van der Waals surface area contributed by atoms with Gasteiger partial charge in [0.2, 0.25) is 0 Å². The predicted octanol–water partition coefficient (Wildman–Crippen LogP) is 4.43. The summed E-state index contributed by atoms with van der Waals surface area (Å²) in [6.07, 6.45) is 2.78. The zero-order valence-electron chi connectivity index (χ0n) is 11.8. The zero-order chi connectivity index (χ0) is 14.4. The van der Waals surface area contributed by atoms with Crippen molar-refractivity contribution in [2.75, 3.05) is 6.54 Å². The van der Waals surface area contributed by atoms with Crippen LogP contribution in [0.3, 0.4) is 0 Å². The van der Waals surface area contributed by atoms with Crippen molar-refractivity contribution in [1.29, 1.82) is 0 Å². The van der Waals surface area contributed by atoms with Crippen molar-refractivity contribution in [2.45, 2.75) is 36.2 Å². The minimum atomic E-state index is -0.165. The van der Waals surface area contributed by atoms with Crippen molar-refractivity contribution in [3.63, 3.8) is 0 Å². The number of halogens is 1. The highest BCUT2D eigenvalue weighted by Crippen LogP contribution is 2.33. The van der Waals surface area contributed by atoms with Gasteiger partial charge in [-0.2, -0.15) is 0 Å². The van der Waals surface area contributed by atoms with E-state index < -0.39 is 0 Å². The van der Waals surface area contributed by atoms with Gasteiger partial charge in [0.25, 0.3) is 0 Å². The molecule has 1 heterocycles. The Bertz CT molecular complexity index is 545. The number of benzene rings is 1. The van der Waals surface area contributed by atoms with Gasteiger partial charge in [0, 0.05) is 22.7 Å². The number of hydrogen-bond acceptors (Lipinski definition) is 3. The Morgan fingerprint density at radius 2 is 2.10 bits per heavy atom. The van der Waals surface area contributed by atoms with Gasteiger partial charge >= 0.3 is 0 Å². The molecular weight excluding hydrogens is 271 g/mol. The van der Waals surface area contributed by atoms with Crippen LogP contribution in [0.2, 0.25) is 0 Å². The first-order valence-electron chi connectivity index (χ1n) is 6.83. The van der Waals surface area contributed by atoms with E-state index in [-0.39, 0.29) is 11.9 Å². The van der Waals surface area contributed by atoms with Crippen LogP contribution in [0.4, 0.5) is 4.39 Å². The largest absolute Gasteiger partial charge is 0.310 e. The summed E-state index contributed by atoms with van der Waals surface area (Å²) in [5.41, 5.74) is 0.719. The first-order chi connectivity index (χ1) is 9.72. The van der Waals surface area contributed by atoms with E-state index in [4.69, 9.17) is 0 Å². The third-order valence-electron chi connectivity index (χ3n) is 3.00. The number of hydrogen-bond donors (Lipinski definition) is 1. The van der Waals surface area contributed by atoms with Crippen molar-refractivity contribution in [3.05, 3.63) is 54.0 Å². The molecule has 1 atom stereocenters. The lowest BCUT2D eigenvalue weighted by Gasteiger charge is -2.18. The second-order valence-corrected chi connectivity index (χ2v) is 5.66. The Balaban J connectivity index is 2.26. The molecule has 1 aromatic heterocycles. The predicted molar refractivity (Wildman–Crippen MR) is 81.5 cm³/mol. The highest BCUT2D eigenvalue weighted by Gasteiger charge is 2.16. The highest BCUT2D eigenvalue weighted by molar-refractivity contribution is 7.99. The molecule has 1 unspecified atom stereocenters. The van der Waals surface area contributed by atoms with Crippen LogP contribution in [0, 0.1) is 5.82 Å². The average molecular weight is 290 g/mol. The van der Waals surface area contributed by atoms with Crippen LogP contribution in [0.5, 0.6) is 0 Å². The van der Waals surface area contributed by atoms with Crippen molar-refractivity contribution in [3.8, 4) is 0 Å². The van der Waals surface area contributed by atoms with Gasteiger partial charge in [-0.05, 0) is 44.2 Å². The van der Waals surface area contributed by atoms with Gasteiger partial charge in [-0.25, -0.2) is 9.37 Å². The van der Waals surface area contributed by atoms with Crippen LogP contribution in [0.15, 0.2) is 52.5 Å². The topological polar surface area (TPSA) is 24.9 Å². The van der Waals surface area contributed by atoms with Crippen LogP contribution in [-0.2, 0) is 0 Å². The monoisotopic (exact) mass is 290 g/mol. The molecule has 1 N–H and O–H groups in total. The molecule has 0 spiro atoms. The molecule has 0 amide bonds. The normalized spacial score (nSPS) is 12.3. The Morgan fingerprint density at radius 1 is 1.25 bits per heavy atom. The molecule has 0 saturated carbocycles. The maximum Gasteiger partial charge on any atom is 0.129 e. The molecule has 0 aliphatic carbocycles. The lowest BCUT2D eigenvalue weighted by Crippen LogP contribution is -2.21. The summed E-state index contributed by atoms with van der Waals surface area (Å²) in [5, 5.41) is 4.22. The molecule has 0 aliphatic rings. The smallest absolute Gasteiger partial charge is 0.129 e. The van der Waals surface area contributed by atoms with E-state index >= 15 is 0 Å². The maximum atomic E-state index is 14.2. The fourth-order valence-electron chi connectivity index (χ4n) is 2.01. The number of pyridine rings is 1. The molecular formula is C16H19FN2S. The summed E-state index contributed by atoms with van der Waals surface area (Å²) in [5.74, 6) is -0.165. The van der Waals surface area contributed by atoms with E-state index in [0.717, 1.165) is 28.5 Å². The summed E-state index contributed by atoms with van der Waals surface area (Å²) in [6.45, 7) is 4.98. The Kier molecular flexibility index (Phi) is 5.56. The molecule has 0 radical (unpaired) electrons. The fourth-order valence-corrected chi connectivity index (χ4v) is 3.03. The molecule has 2 nitrogen and oxygen atoms in total. The highest BCUT2D eigenvalue weighted by atomic mass is 32.2. The molecule has 2 rings (SSSR count). The Hall–Kier alpha value is -1.39. The van der Waals surface area contributed by atoms with E-state index in [1.54, 1.807) is 12.3 Å². The minimum Gasteiger partial charge on any atom is -0.310 e. The molecule has 0 bridgehead atoms. The first-order valence-corrected chi connectivity index (χ1v) is 7.64. The summed E-state index contributed by atoms with van der Waals surface area (Å²) >= 11 is 1.50. The molecule has 106 valence electrons. The lowest BCUT2D eigenvalue weighted by atomic mass is 10.1. The number of nitrogens with zero attached hydrogens (tertiary/aromatic N) is 1. The number of rotatable bonds is 6. The van der Waals surface area contributed by atoms with Crippen molar-refractivity contribution >= 4 is 11.8 Å². The summed E-state index contributed by atoms with van der Waals surface area (Å²) in [7, 11) is 0. The lowest BCUT2D eigenvalue weighted by molar-refractivity contribution is 0.519. The summed E-state index contributed by atoms with van der Waals surface area (Å²) in [4.78, 5) is 5.20. The van der Waals surface area contributed by atoms with E-state index in [0.29, 0.717) is 0 Å². The summed E-state index contributed by atoms with van der Waals surface area (Å²) < 4.78 is 14.2. The van der Waals surface area contributed by atoms with E-state index in [1.807, 2.05) is 31.2 Å². The quantitative estimate of drug-likeness (QED) is 0.851.